The monoisotopic (exact) mass is 526 g/mol. The highest BCUT2D eigenvalue weighted by molar-refractivity contribution is 5.94. The average molecular weight is 526 g/mol. The molecule has 0 aliphatic carbocycles. The second-order valence-corrected chi connectivity index (χ2v) is 8.14. The molecule has 4 N–H and O–H groups in total. The van der Waals surface area contributed by atoms with Crippen molar-refractivity contribution in [2.45, 2.75) is 24.7 Å². The van der Waals surface area contributed by atoms with Crippen molar-refractivity contribution in [3.63, 3.8) is 0 Å². The van der Waals surface area contributed by atoms with Crippen LogP contribution in [0.4, 0.5) is 13.2 Å². The number of carbonyl (C=O) groups excluding carboxylic acids is 2. The zero-order valence-electron chi connectivity index (χ0n) is 19.4. The van der Waals surface area contributed by atoms with E-state index >= 15 is 0 Å². The number of rotatable bonds is 7. The Morgan fingerprint density at radius 1 is 1.05 bits per heavy atom. The lowest BCUT2D eigenvalue weighted by atomic mass is 10.0. The Morgan fingerprint density at radius 2 is 1.71 bits per heavy atom. The van der Waals surface area contributed by atoms with E-state index in [4.69, 9.17) is 20.0 Å². The molecular weight excluding hydrogens is 509 g/mol. The number of carbonyl (C=O) groups is 2. The van der Waals surface area contributed by atoms with E-state index in [1.54, 1.807) is 24.3 Å². The summed E-state index contributed by atoms with van der Waals surface area (Å²) >= 11 is 0. The summed E-state index contributed by atoms with van der Waals surface area (Å²) in [7, 11) is 0. The van der Waals surface area contributed by atoms with Crippen LogP contribution in [0.25, 0.3) is 34.3 Å². The summed E-state index contributed by atoms with van der Waals surface area (Å²) in [5.41, 5.74) is 1.98. The molecule has 0 aliphatic rings. The first-order chi connectivity index (χ1) is 17.9. The molecule has 0 aliphatic heterocycles. The minimum absolute atomic E-state index is 0.0711. The van der Waals surface area contributed by atoms with Gasteiger partial charge < -0.3 is 25.2 Å². The van der Waals surface area contributed by atoms with Crippen LogP contribution in [0.3, 0.4) is 0 Å². The van der Waals surface area contributed by atoms with E-state index in [0.717, 1.165) is 6.92 Å². The average Bonchev–Trinajstić information content (AvgIpc) is 3.56. The van der Waals surface area contributed by atoms with E-state index in [9.17, 15) is 27.9 Å². The van der Waals surface area contributed by atoms with Crippen LogP contribution in [-0.2, 0) is 15.8 Å². The van der Waals surface area contributed by atoms with Crippen molar-refractivity contribution < 1.29 is 36.9 Å². The maximum Gasteiger partial charge on any atom is 0.422 e. The molecule has 4 rings (SSSR count). The van der Waals surface area contributed by atoms with Crippen molar-refractivity contribution in [3.8, 4) is 40.4 Å². The Morgan fingerprint density at radius 3 is 2.29 bits per heavy atom. The fraction of sp³-hybridized carbons (Fsp3) is 0.167. The van der Waals surface area contributed by atoms with E-state index in [-0.39, 0.29) is 22.5 Å². The lowest BCUT2D eigenvalue weighted by Gasteiger charge is -2.21. The van der Waals surface area contributed by atoms with E-state index in [0.29, 0.717) is 0 Å². The number of benzene rings is 2. The first-order valence-electron chi connectivity index (χ1n) is 10.7. The smallest absolute Gasteiger partial charge is 0.378 e. The van der Waals surface area contributed by atoms with Gasteiger partial charge in [0.2, 0.25) is 17.1 Å². The fourth-order valence-electron chi connectivity index (χ4n) is 3.35. The summed E-state index contributed by atoms with van der Waals surface area (Å²) in [6.07, 6.45) is -6.61. The van der Waals surface area contributed by atoms with Gasteiger partial charge in [-0.25, -0.2) is 0 Å². The number of aromatic nitrogens is 3. The van der Waals surface area contributed by atoms with Crippen LogP contribution in [-0.4, -0.2) is 37.8 Å². The maximum absolute atomic E-state index is 13.9. The molecule has 2 heterocycles. The molecule has 0 saturated carbocycles. The third-order valence-electron chi connectivity index (χ3n) is 5.47. The number of nitrogens with one attached hydrogen (secondary N) is 1. The lowest BCUT2D eigenvalue weighted by Crippen LogP contribution is -2.55. The summed E-state index contributed by atoms with van der Waals surface area (Å²) in [6, 6.07) is 14.6. The summed E-state index contributed by atoms with van der Waals surface area (Å²) in [6.45, 7) is 1.08. The predicted octanol–water partition coefficient (Wildman–Crippen LogP) is 2.99. The third kappa shape index (κ3) is 4.95. The van der Waals surface area contributed by atoms with Gasteiger partial charge in [-0.3, -0.25) is 9.59 Å². The molecule has 2 unspecified atom stereocenters. The number of nitrogens with two attached hydrogens (primary N) is 1. The molecule has 2 aromatic heterocycles. The van der Waals surface area contributed by atoms with Crippen molar-refractivity contribution in [1.82, 2.24) is 20.6 Å². The Kier molecular flexibility index (Phi) is 6.71. The topological polar surface area (TPSA) is 181 Å². The molecule has 194 valence electrons. The van der Waals surface area contributed by atoms with Crippen molar-refractivity contribution >= 4 is 11.8 Å². The number of nitrogens with zero attached hydrogens (tertiary/aromatic N) is 4. The van der Waals surface area contributed by atoms with Gasteiger partial charge in [-0.05, 0) is 12.5 Å². The number of amides is 2. The van der Waals surface area contributed by atoms with Crippen molar-refractivity contribution in [3.05, 3.63) is 65.7 Å². The van der Waals surface area contributed by atoms with E-state index < -0.39 is 52.5 Å². The quantitative estimate of drug-likeness (QED) is 0.326. The van der Waals surface area contributed by atoms with Crippen LogP contribution in [0.15, 0.2) is 63.6 Å². The molecular formula is C24H17F3N6O5. The number of alkyl halides is 3. The molecule has 4 aromatic rings. The molecule has 0 radical (unpaired) electrons. The second-order valence-electron chi connectivity index (χ2n) is 8.14. The van der Waals surface area contributed by atoms with Gasteiger partial charge in [0.05, 0.1) is 0 Å². The fourth-order valence-corrected chi connectivity index (χ4v) is 3.35. The molecule has 11 nitrogen and oxygen atoms in total. The lowest BCUT2D eigenvalue weighted by molar-refractivity contribution is -0.137. The molecule has 0 bridgehead atoms. The van der Waals surface area contributed by atoms with Gasteiger partial charge in [0, 0.05) is 11.1 Å². The number of halogens is 3. The van der Waals surface area contributed by atoms with Crippen LogP contribution in [0.2, 0.25) is 0 Å². The number of aliphatic hydroxyl groups excluding tert-OH is 1. The number of hydrogen-bond donors (Lipinski definition) is 3. The second kappa shape index (κ2) is 9.79. The number of aliphatic hydroxyl groups is 1. The van der Waals surface area contributed by atoms with Crippen LogP contribution >= 0.6 is 0 Å². The first kappa shape index (κ1) is 26.0. The Hall–Kier alpha value is -5.03. The maximum atomic E-state index is 13.9. The SMILES string of the molecule is CC(C#N)(NC(=O)C(O)c1ccc(-c2noc(-c3onc(-c4ccccc4)c3C(F)(F)F)n2)cc1)C(N)=O. The molecule has 2 amide bonds. The number of nitriles is 1. The van der Waals surface area contributed by atoms with E-state index in [1.807, 2.05) is 0 Å². The van der Waals surface area contributed by atoms with Crippen LogP contribution in [0, 0.1) is 11.3 Å². The van der Waals surface area contributed by atoms with Crippen LogP contribution in [0.5, 0.6) is 0 Å². The number of primary amides is 1. The molecule has 38 heavy (non-hydrogen) atoms. The molecule has 0 saturated heterocycles. The zero-order valence-corrected chi connectivity index (χ0v) is 19.4. The molecule has 2 atom stereocenters. The van der Waals surface area contributed by atoms with E-state index in [1.165, 1.54) is 36.4 Å². The molecule has 0 fully saturated rings. The van der Waals surface area contributed by atoms with Crippen molar-refractivity contribution in [2.75, 3.05) is 0 Å². The molecule has 14 heteroatoms. The predicted molar refractivity (Wildman–Crippen MR) is 122 cm³/mol. The minimum atomic E-state index is -4.84. The Balaban J connectivity index is 1.59. The standard InChI is InChI=1S/C24H17F3N6O5/c1-23(11-28,22(29)36)31-20(35)17(34)13-7-9-14(10-8-13)19-30-21(38-33-19)18-15(24(25,26)27)16(32-37-18)12-5-3-2-4-6-12/h2-10,17,34H,1H3,(H2,29,36)(H,31,35). The largest absolute Gasteiger partial charge is 0.422 e. The van der Waals surface area contributed by atoms with Crippen molar-refractivity contribution in [2.24, 2.45) is 5.73 Å². The number of hydrogen-bond acceptors (Lipinski definition) is 9. The summed E-state index contributed by atoms with van der Waals surface area (Å²) in [5.74, 6) is -3.59. The van der Waals surface area contributed by atoms with Gasteiger partial charge in [-0.2, -0.15) is 23.4 Å². The van der Waals surface area contributed by atoms with Gasteiger partial charge in [0.25, 0.3) is 17.7 Å². The summed E-state index contributed by atoms with van der Waals surface area (Å²) in [4.78, 5) is 27.7. The van der Waals surface area contributed by atoms with E-state index in [2.05, 4.69) is 20.6 Å². The normalized spacial score (nSPS) is 13.8. The highest BCUT2D eigenvalue weighted by Gasteiger charge is 2.43. The Labute approximate surface area is 211 Å². The summed E-state index contributed by atoms with van der Waals surface area (Å²) < 4.78 is 51.7. The van der Waals surface area contributed by atoms with Crippen LogP contribution in [0.1, 0.15) is 24.2 Å². The third-order valence-corrected chi connectivity index (χ3v) is 5.47. The van der Waals surface area contributed by atoms with Gasteiger partial charge in [0.15, 0.2) is 6.10 Å². The molecule has 2 aromatic carbocycles. The highest BCUT2D eigenvalue weighted by atomic mass is 19.4. The van der Waals surface area contributed by atoms with Gasteiger partial charge >= 0.3 is 6.18 Å². The zero-order chi connectivity index (χ0) is 27.7. The van der Waals surface area contributed by atoms with Gasteiger partial charge in [-0.1, -0.05) is 64.9 Å². The Bertz CT molecular complexity index is 1530. The molecule has 0 spiro atoms. The summed E-state index contributed by atoms with van der Waals surface area (Å²) in [5, 5.41) is 28.7. The minimum Gasteiger partial charge on any atom is -0.378 e. The highest BCUT2D eigenvalue weighted by Crippen LogP contribution is 2.43. The first-order valence-corrected chi connectivity index (χ1v) is 10.7. The van der Waals surface area contributed by atoms with Gasteiger partial charge in [0.1, 0.15) is 17.3 Å². The van der Waals surface area contributed by atoms with Crippen molar-refractivity contribution in [1.29, 1.82) is 5.26 Å². The van der Waals surface area contributed by atoms with Gasteiger partial charge in [-0.15, -0.1) is 0 Å². The van der Waals surface area contributed by atoms with Crippen LogP contribution < -0.4 is 11.1 Å².